The number of hydrogen-bond donors (Lipinski definition) is 1. The summed E-state index contributed by atoms with van der Waals surface area (Å²) in [5, 5.41) is 12.3. The molecule has 0 atom stereocenters. The first-order valence-electron chi connectivity index (χ1n) is 10.4. The van der Waals surface area contributed by atoms with E-state index in [0.717, 1.165) is 11.6 Å². The second-order valence-electron chi connectivity index (χ2n) is 7.28. The Morgan fingerprint density at radius 2 is 1.82 bits per heavy atom. The van der Waals surface area contributed by atoms with Crippen LogP contribution in [0.1, 0.15) is 11.1 Å². The van der Waals surface area contributed by atoms with Gasteiger partial charge in [-0.1, -0.05) is 36.4 Å². The van der Waals surface area contributed by atoms with Crippen molar-refractivity contribution in [1.29, 1.82) is 5.26 Å². The summed E-state index contributed by atoms with van der Waals surface area (Å²) in [5.74, 6) is -0.927. The van der Waals surface area contributed by atoms with Gasteiger partial charge in [-0.3, -0.25) is 14.0 Å². The fourth-order valence-electron chi connectivity index (χ4n) is 3.25. The number of nitriles is 1. The summed E-state index contributed by atoms with van der Waals surface area (Å²) in [6.07, 6.45) is 3.27. The van der Waals surface area contributed by atoms with Crippen LogP contribution >= 0.6 is 0 Å². The summed E-state index contributed by atoms with van der Waals surface area (Å²) < 4.78 is 20.3. The zero-order valence-corrected chi connectivity index (χ0v) is 17.9. The van der Waals surface area contributed by atoms with E-state index in [1.165, 1.54) is 34.9 Å². The van der Waals surface area contributed by atoms with Gasteiger partial charge in [0.1, 0.15) is 34.4 Å². The summed E-state index contributed by atoms with van der Waals surface area (Å²) in [4.78, 5) is 30.2. The molecular weight excluding hydrogens is 435 g/mol. The molecule has 0 bridgehead atoms. The van der Waals surface area contributed by atoms with Crippen LogP contribution < -0.4 is 15.6 Å². The Balaban J connectivity index is 1.66. The highest BCUT2D eigenvalue weighted by atomic mass is 19.1. The van der Waals surface area contributed by atoms with E-state index in [0.29, 0.717) is 18.6 Å². The van der Waals surface area contributed by atoms with Crippen molar-refractivity contribution < 1.29 is 13.9 Å². The van der Waals surface area contributed by atoms with E-state index in [4.69, 9.17) is 4.74 Å². The van der Waals surface area contributed by atoms with Gasteiger partial charge in [0, 0.05) is 12.7 Å². The third-order valence-corrected chi connectivity index (χ3v) is 4.96. The molecule has 0 fully saturated rings. The van der Waals surface area contributed by atoms with Gasteiger partial charge in [0.25, 0.3) is 11.5 Å². The molecule has 0 saturated carbocycles. The number of hydrogen-bond acceptors (Lipinski definition) is 5. The molecule has 0 spiro atoms. The van der Waals surface area contributed by atoms with E-state index < -0.39 is 17.3 Å². The number of pyridine rings is 1. The Hall–Kier alpha value is -4.77. The molecule has 168 valence electrons. The molecule has 0 aliphatic rings. The van der Waals surface area contributed by atoms with Gasteiger partial charge in [-0.2, -0.15) is 10.2 Å². The molecule has 2 heterocycles. The molecule has 0 aliphatic carbocycles. The number of halogens is 1. The van der Waals surface area contributed by atoms with Crippen molar-refractivity contribution in [2.45, 2.75) is 6.42 Å². The van der Waals surface area contributed by atoms with Crippen LogP contribution in [0.3, 0.4) is 0 Å². The highest BCUT2D eigenvalue weighted by Crippen LogP contribution is 2.24. The Bertz CT molecular complexity index is 1460. The first-order valence-corrected chi connectivity index (χ1v) is 10.4. The highest BCUT2D eigenvalue weighted by molar-refractivity contribution is 6.01. The predicted octanol–water partition coefficient (Wildman–Crippen LogP) is 3.89. The van der Waals surface area contributed by atoms with Gasteiger partial charge in [-0.25, -0.2) is 4.39 Å². The maximum Gasteiger partial charge on any atom is 0.269 e. The Morgan fingerprint density at radius 1 is 1.09 bits per heavy atom. The molecule has 0 saturated heterocycles. The number of benzene rings is 2. The largest absolute Gasteiger partial charge is 0.438 e. The molecule has 0 aliphatic heterocycles. The van der Waals surface area contributed by atoms with Crippen LogP contribution in [0, 0.1) is 17.1 Å². The first kappa shape index (κ1) is 22.4. The van der Waals surface area contributed by atoms with Crippen molar-refractivity contribution in [3.63, 3.8) is 0 Å². The predicted molar refractivity (Wildman–Crippen MR) is 125 cm³/mol. The van der Waals surface area contributed by atoms with Gasteiger partial charge >= 0.3 is 0 Å². The normalized spacial score (nSPS) is 11.1. The Morgan fingerprint density at radius 3 is 2.56 bits per heavy atom. The summed E-state index contributed by atoms with van der Waals surface area (Å²) in [6.45, 7) is 0.315. The molecule has 0 unspecified atom stereocenters. The zero-order valence-electron chi connectivity index (χ0n) is 17.9. The second kappa shape index (κ2) is 10.2. The van der Waals surface area contributed by atoms with Gasteiger partial charge in [0.15, 0.2) is 0 Å². The van der Waals surface area contributed by atoms with Gasteiger partial charge in [-0.05, 0) is 54.5 Å². The lowest BCUT2D eigenvalue weighted by Crippen LogP contribution is -2.27. The van der Waals surface area contributed by atoms with Crippen molar-refractivity contribution in [3.8, 4) is 17.7 Å². The number of ether oxygens (including phenoxy) is 1. The molecule has 8 heteroatoms. The topological polar surface area (TPSA) is 96.5 Å². The molecule has 1 amide bonds. The van der Waals surface area contributed by atoms with Crippen LogP contribution in [0.5, 0.6) is 11.6 Å². The average molecular weight is 454 g/mol. The molecule has 4 aromatic rings. The number of carbonyl (C=O) groups excluding carboxylic acids is 1. The lowest BCUT2D eigenvalue weighted by molar-refractivity contribution is -0.117. The quantitative estimate of drug-likeness (QED) is 0.338. The number of nitrogens with zero attached hydrogens (tertiary/aromatic N) is 3. The highest BCUT2D eigenvalue weighted by Gasteiger charge is 2.17. The monoisotopic (exact) mass is 454 g/mol. The summed E-state index contributed by atoms with van der Waals surface area (Å²) in [6, 6.07) is 21.6. The molecule has 0 radical (unpaired) electrons. The van der Waals surface area contributed by atoms with Gasteiger partial charge in [-0.15, -0.1) is 0 Å². The van der Waals surface area contributed by atoms with Crippen molar-refractivity contribution in [3.05, 3.63) is 112 Å². The van der Waals surface area contributed by atoms with Crippen molar-refractivity contribution in [2.24, 2.45) is 0 Å². The fourth-order valence-corrected chi connectivity index (χ4v) is 3.25. The van der Waals surface area contributed by atoms with E-state index in [1.54, 1.807) is 18.2 Å². The van der Waals surface area contributed by atoms with Crippen LogP contribution in [0.25, 0.3) is 11.7 Å². The maximum absolute atomic E-state index is 13.3. The van der Waals surface area contributed by atoms with Crippen LogP contribution in [0.4, 0.5) is 4.39 Å². The van der Waals surface area contributed by atoms with Gasteiger partial charge in [0.2, 0.25) is 5.88 Å². The van der Waals surface area contributed by atoms with E-state index >= 15 is 0 Å². The molecule has 1 N–H and O–H groups in total. The minimum atomic E-state index is -0.622. The lowest BCUT2D eigenvalue weighted by atomic mass is 10.1. The summed E-state index contributed by atoms with van der Waals surface area (Å²) >= 11 is 0. The Labute approximate surface area is 194 Å². The maximum atomic E-state index is 13.3. The molecule has 2 aromatic heterocycles. The molecule has 2 aromatic carbocycles. The second-order valence-corrected chi connectivity index (χ2v) is 7.28. The van der Waals surface area contributed by atoms with E-state index in [-0.39, 0.29) is 22.8 Å². The standard InChI is InChI=1S/C26H19FN4O3/c27-20-9-11-21(12-10-20)34-25-22(26(33)31-15-5-4-8-23(31)30-25)16-19(17-28)24(32)29-14-13-18-6-2-1-3-7-18/h1-12,15-16H,13-14H2,(H,29,32). The third kappa shape index (κ3) is 5.16. The Kier molecular flexibility index (Phi) is 6.75. The molecule has 7 nitrogen and oxygen atoms in total. The smallest absolute Gasteiger partial charge is 0.269 e. The summed E-state index contributed by atoms with van der Waals surface area (Å²) in [7, 11) is 0. The number of fused-ring (bicyclic) bond motifs is 1. The number of carbonyl (C=O) groups is 1. The molecule has 4 rings (SSSR count). The van der Waals surface area contributed by atoms with Crippen LogP contribution in [0.2, 0.25) is 0 Å². The zero-order chi connectivity index (χ0) is 23.9. The van der Waals surface area contributed by atoms with Crippen LogP contribution in [-0.2, 0) is 11.2 Å². The lowest BCUT2D eigenvalue weighted by Gasteiger charge is -2.10. The molecular formula is C26H19FN4O3. The van der Waals surface area contributed by atoms with E-state index in [2.05, 4.69) is 10.3 Å². The van der Waals surface area contributed by atoms with Crippen molar-refractivity contribution in [1.82, 2.24) is 14.7 Å². The third-order valence-electron chi connectivity index (χ3n) is 4.96. The van der Waals surface area contributed by atoms with Gasteiger partial charge < -0.3 is 10.1 Å². The SMILES string of the molecule is N#CC(=Cc1c(Oc2ccc(F)cc2)nc2ccccn2c1=O)C(=O)NCCc1ccccc1. The number of nitrogens with one attached hydrogen (secondary N) is 1. The van der Waals surface area contributed by atoms with E-state index in [9.17, 15) is 19.2 Å². The number of rotatable bonds is 7. The van der Waals surface area contributed by atoms with Gasteiger partial charge in [0.05, 0.1) is 0 Å². The van der Waals surface area contributed by atoms with Crippen molar-refractivity contribution in [2.75, 3.05) is 6.54 Å². The minimum Gasteiger partial charge on any atom is -0.438 e. The van der Waals surface area contributed by atoms with Crippen LogP contribution in [-0.4, -0.2) is 21.8 Å². The van der Waals surface area contributed by atoms with Crippen LogP contribution in [0.15, 0.2) is 89.4 Å². The molecule has 34 heavy (non-hydrogen) atoms. The first-order chi connectivity index (χ1) is 16.5. The van der Waals surface area contributed by atoms with Crippen molar-refractivity contribution >= 4 is 17.6 Å². The summed E-state index contributed by atoms with van der Waals surface area (Å²) in [5.41, 5.74) is 0.479. The minimum absolute atomic E-state index is 0.0808. The number of amides is 1. The van der Waals surface area contributed by atoms with E-state index in [1.807, 2.05) is 36.4 Å². The fraction of sp³-hybridized carbons (Fsp3) is 0.0769. The number of aromatic nitrogens is 2. The average Bonchev–Trinajstić information content (AvgIpc) is 2.86.